The smallest absolute Gasteiger partial charge is 0.397 e. The highest BCUT2D eigenvalue weighted by molar-refractivity contribution is 5.69. The quantitative estimate of drug-likeness (QED) is 0.609. The van der Waals surface area contributed by atoms with Crippen LogP contribution in [-0.4, -0.2) is 0 Å². The third-order valence-electron chi connectivity index (χ3n) is 2.16. The second-order valence-electron chi connectivity index (χ2n) is 3.34. The maximum absolute atomic E-state index is 13.3. The van der Waals surface area contributed by atoms with Crippen LogP contribution >= 0.6 is 0 Å². The molecule has 0 heterocycles. The number of halogens is 4. The van der Waals surface area contributed by atoms with Crippen molar-refractivity contribution in [1.29, 1.82) is 5.26 Å². The number of nitrogens with zero attached hydrogens (tertiary/aromatic N) is 1. The average Bonchev–Trinajstić information content (AvgIpc) is 2.26. The lowest BCUT2D eigenvalue weighted by Crippen LogP contribution is -2.08. The van der Waals surface area contributed by atoms with Gasteiger partial charge in [0.1, 0.15) is 5.82 Å². The predicted octanol–water partition coefficient (Wildman–Crippen LogP) is 3.06. The van der Waals surface area contributed by atoms with E-state index >= 15 is 0 Å². The predicted molar refractivity (Wildman–Crippen MR) is 53.8 cm³/mol. The van der Waals surface area contributed by atoms with Gasteiger partial charge in [0.2, 0.25) is 0 Å². The Hall–Kier alpha value is -2.03. The van der Waals surface area contributed by atoms with Gasteiger partial charge < -0.3 is 5.73 Å². The topological polar surface area (TPSA) is 49.8 Å². The second-order valence-corrected chi connectivity index (χ2v) is 3.34. The summed E-state index contributed by atoms with van der Waals surface area (Å²) in [6, 6.07) is 3.54. The first-order chi connectivity index (χ1) is 7.77. The molecule has 2 N–H and O–H groups in total. The van der Waals surface area contributed by atoms with E-state index in [9.17, 15) is 17.6 Å². The van der Waals surface area contributed by atoms with E-state index in [1.54, 1.807) is 6.07 Å². The van der Waals surface area contributed by atoms with Gasteiger partial charge >= 0.3 is 6.18 Å². The fourth-order valence-corrected chi connectivity index (χ4v) is 1.17. The van der Waals surface area contributed by atoms with Gasteiger partial charge in [0.15, 0.2) is 0 Å². The van der Waals surface area contributed by atoms with Gasteiger partial charge in [-0.25, -0.2) is 4.39 Å². The number of allylic oxidation sites excluding steroid dienone is 1. The highest BCUT2D eigenvalue weighted by Crippen LogP contribution is 2.31. The first kappa shape index (κ1) is 13.0. The fourth-order valence-electron chi connectivity index (χ4n) is 1.17. The van der Waals surface area contributed by atoms with E-state index in [1.807, 2.05) is 0 Å². The van der Waals surface area contributed by atoms with E-state index in [0.717, 1.165) is 0 Å². The summed E-state index contributed by atoms with van der Waals surface area (Å²) in [4.78, 5) is 0. The largest absolute Gasteiger partial charge is 0.416 e. The Kier molecular flexibility index (Phi) is 3.42. The molecule has 0 aliphatic rings. The van der Waals surface area contributed by atoms with Crippen LogP contribution in [0.25, 0.3) is 5.70 Å². The van der Waals surface area contributed by atoms with Crippen LogP contribution in [0.5, 0.6) is 0 Å². The number of hydrogen-bond donors (Lipinski definition) is 1. The highest BCUT2D eigenvalue weighted by Gasteiger charge is 2.31. The summed E-state index contributed by atoms with van der Waals surface area (Å²) in [7, 11) is 0. The molecule has 90 valence electrons. The minimum Gasteiger partial charge on any atom is -0.397 e. The Labute approximate surface area is 95.0 Å². The monoisotopic (exact) mass is 244 g/mol. The van der Waals surface area contributed by atoms with E-state index in [4.69, 9.17) is 11.0 Å². The van der Waals surface area contributed by atoms with Crippen molar-refractivity contribution in [2.75, 3.05) is 0 Å². The van der Waals surface area contributed by atoms with Crippen molar-refractivity contribution in [3.63, 3.8) is 0 Å². The molecule has 0 aliphatic carbocycles. The number of alkyl halides is 3. The van der Waals surface area contributed by atoms with E-state index in [1.165, 1.54) is 6.92 Å². The second kappa shape index (κ2) is 4.45. The molecule has 2 nitrogen and oxygen atoms in total. The summed E-state index contributed by atoms with van der Waals surface area (Å²) in [5.74, 6) is -0.898. The minimum atomic E-state index is -4.58. The Balaban J connectivity index is 3.41. The first-order valence-electron chi connectivity index (χ1n) is 4.51. The Morgan fingerprint density at radius 3 is 2.41 bits per heavy atom. The van der Waals surface area contributed by atoms with E-state index in [0.29, 0.717) is 18.2 Å². The van der Waals surface area contributed by atoms with Crippen LogP contribution < -0.4 is 5.73 Å². The van der Waals surface area contributed by atoms with Gasteiger partial charge in [-0.15, -0.1) is 0 Å². The van der Waals surface area contributed by atoms with Crippen molar-refractivity contribution >= 4 is 5.70 Å². The van der Waals surface area contributed by atoms with Gasteiger partial charge in [0, 0.05) is 5.56 Å². The van der Waals surface area contributed by atoms with Crippen LogP contribution in [0.15, 0.2) is 23.8 Å². The first-order valence-corrected chi connectivity index (χ1v) is 4.51. The molecule has 0 saturated carbocycles. The Morgan fingerprint density at radius 1 is 1.35 bits per heavy atom. The van der Waals surface area contributed by atoms with Crippen LogP contribution in [0.2, 0.25) is 0 Å². The maximum atomic E-state index is 13.3. The maximum Gasteiger partial charge on any atom is 0.416 e. The van der Waals surface area contributed by atoms with Gasteiger partial charge in [-0.1, -0.05) is 0 Å². The molecule has 0 spiro atoms. The molecule has 0 unspecified atom stereocenters. The highest BCUT2D eigenvalue weighted by atomic mass is 19.4. The zero-order valence-electron chi connectivity index (χ0n) is 8.77. The van der Waals surface area contributed by atoms with Crippen LogP contribution in [0.4, 0.5) is 17.6 Å². The molecule has 1 aromatic rings. The molecule has 6 heteroatoms. The van der Waals surface area contributed by atoms with Gasteiger partial charge in [-0.2, -0.15) is 18.4 Å². The third-order valence-corrected chi connectivity index (χ3v) is 2.16. The third kappa shape index (κ3) is 2.75. The molecule has 1 aromatic carbocycles. The Morgan fingerprint density at radius 2 is 1.94 bits per heavy atom. The van der Waals surface area contributed by atoms with E-state index in [2.05, 4.69) is 0 Å². The van der Waals surface area contributed by atoms with E-state index in [-0.39, 0.29) is 11.3 Å². The zero-order valence-corrected chi connectivity index (χ0v) is 8.77. The number of nitriles is 1. The van der Waals surface area contributed by atoms with Crippen LogP contribution in [-0.2, 0) is 6.18 Å². The fraction of sp³-hybridized carbons (Fsp3) is 0.182. The van der Waals surface area contributed by atoms with Crippen LogP contribution in [0.1, 0.15) is 18.1 Å². The summed E-state index contributed by atoms with van der Waals surface area (Å²) in [5, 5.41) is 8.55. The molecule has 17 heavy (non-hydrogen) atoms. The number of hydrogen-bond acceptors (Lipinski definition) is 2. The van der Waals surface area contributed by atoms with Crippen molar-refractivity contribution in [2.45, 2.75) is 13.1 Å². The zero-order chi connectivity index (χ0) is 13.2. The number of nitrogens with two attached hydrogens (primary N) is 1. The molecular formula is C11H8F4N2. The SMILES string of the molecule is C/C(C#N)=C(/N)c1cc(C(F)(F)F)ccc1F. The number of benzene rings is 1. The summed E-state index contributed by atoms with van der Waals surface area (Å²) in [6.45, 7) is 1.30. The molecular weight excluding hydrogens is 236 g/mol. The van der Waals surface area contributed by atoms with Crippen molar-refractivity contribution in [3.8, 4) is 6.07 Å². The normalized spacial score (nSPS) is 12.9. The molecule has 0 fully saturated rings. The molecule has 0 bridgehead atoms. The Bertz CT molecular complexity index is 509. The standard InChI is InChI=1S/C11H8F4N2/c1-6(5-16)10(17)8-4-7(11(13,14)15)2-3-9(8)12/h2-4H,17H2,1H3/b10-6-. The molecule has 0 amide bonds. The summed E-state index contributed by atoms with van der Waals surface area (Å²) >= 11 is 0. The molecule has 0 aliphatic heterocycles. The average molecular weight is 244 g/mol. The van der Waals surface area contributed by atoms with Crippen molar-refractivity contribution in [1.82, 2.24) is 0 Å². The number of rotatable bonds is 1. The van der Waals surface area contributed by atoms with Gasteiger partial charge in [-0.05, 0) is 25.1 Å². The lowest BCUT2D eigenvalue weighted by atomic mass is 10.0. The minimum absolute atomic E-state index is 0.0387. The lowest BCUT2D eigenvalue weighted by Gasteiger charge is -2.10. The van der Waals surface area contributed by atoms with Gasteiger partial charge in [-0.3, -0.25) is 0 Å². The molecule has 0 radical (unpaired) electrons. The summed E-state index contributed by atoms with van der Waals surface area (Å²) < 4.78 is 50.5. The van der Waals surface area contributed by atoms with Gasteiger partial charge in [0.05, 0.1) is 22.9 Å². The van der Waals surface area contributed by atoms with E-state index < -0.39 is 23.1 Å². The lowest BCUT2D eigenvalue weighted by molar-refractivity contribution is -0.137. The molecule has 0 saturated heterocycles. The summed E-state index contributed by atoms with van der Waals surface area (Å²) in [5.41, 5.74) is 3.65. The van der Waals surface area contributed by atoms with Crippen molar-refractivity contribution < 1.29 is 17.6 Å². The van der Waals surface area contributed by atoms with Crippen LogP contribution in [0.3, 0.4) is 0 Å². The van der Waals surface area contributed by atoms with Crippen LogP contribution in [0, 0.1) is 17.1 Å². The van der Waals surface area contributed by atoms with Crippen molar-refractivity contribution in [3.05, 3.63) is 40.7 Å². The molecule has 0 atom stereocenters. The molecule has 0 aromatic heterocycles. The summed E-state index contributed by atoms with van der Waals surface area (Å²) in [6.07, 6.45) is -4.58. The molecule has 1 rings (SSSR count). The van der Waals surface area contributed by atoms with Crippen molar-refractivity contribution in [2.24, 2.45) is 5.73 Å². The van der Waals surface area contributed by atoms with Gasteiger partial charge in [0.25, 0.3) is 0 Å².